The van der Waals surface area contributed by atoms with Crippen molar-refractivity contribution in [1.29, 1.82) is 0 Å². The van der Waals surface area contributed by atoms with Crippen LogP contribution in [0.3, 0.4) is 0 Å². The zero-order valence-electron chi connectivity index (χ0n) is 15.6. The molecule has 1 fully saturated rings. The second-order valence-corrected chi connectivity index (χ2v) is 7.21. The summed E-state index contributed by atoms with van der Waals surface area (Å²) >= 11 is 5.96. The number of carbonyl (C=O) groups is 3. The van der Waals surface area contributed by atoms with Crippen molar-refractivity contribution in [2.45, 2.75) is 20.8 Å². The number of hydrogen-bond donors (Lipinski definition) is 1. The van der Waals surface area contributed by atoms with E-state index in [0.29, 0.717) is 59.3 Å². The normalized spacial score (nSPS) is 14.4. The van der Waals surface area contributed by atoms with Crippen LogP contribution in [0.1, 0.15) is 49.4 Å². The highest BCUT2D eigenvalue weighted by atomic mass is 35.5. The fraction of sp³-hybridized carbons (Fsp3) is 0.350. The van der Waals surface area contributed by atoms with E-state index in [1.165, 1.54) is 6.92 Å². The van der Waals surface area contributed by atoms with E-state index in [0.717, 1.165) is 0 Å². The first kappa shape index (κ1) is 19.2. The number of ketones is 1. The Morgan fingerprint density at radius 1 is 1.00 bits per heavy atom. The lowest BCUT2D eigenvalue weighted by molar-refractivity contribution is 0.0532. The molecule has 3 rings (SSSR count). The van der Waals surface area contributed by atoms with Crippen LogP contribution in [-0.2, 0) is 0 Å². The zero-order valence-corrected chi connectivity index (χ0v) is 16.4. The van der Waals surface area contributed by atoms with E-state index in [9.17, 15) is 14.4 Å². The van der Waals surface area contributed by atoms with Gasteiger partial charge in [-0.2, -0.15) is 0 Å². The van der Waals surface area contributed by atoms with Crippen LogP contribution in [0.2, 0.25) is 5.02 Å². The Balaban J connectivity index is 1.69. The Hall–Kier alpha value is -2.60. The molecule has 1 N–H and O–H groups in total. The van der Waals surface area contributed by atoms with Gasteiger partial charge in [0.05, 0.1) is 0 Å². The largest absolute Gasteiger partial charge is 0.354 e. The van der Waals surface area contributed by atoms with Crippen molar-refractivity contribution >= 4 is 29.2 Å². The predicted molar refractivity (Wildman–Crippen MR) is 104 cm³/mol. The number of halogens is 1. The third-order valence-electron chi connectivity index (χ3n) is 4.93. The SMILES string of the molecule is CC(=O)c1c(C)[nH]c(C(=O)N2CCN(C(=O)c3cccc(Cl)c3)CC2)c1C. The van der Waals surface area contributed by atoms with Crippen LogP contribution < -0.4 is 0 Å². The molecule has 1 saturated heterocycles. The predicted octanol–water partition coefficient (Wildman–Crippen LogP) is 3.09. The number of nitrogens with zero attached hydrogens (tertiary/aromatic N) is 2. The topological polar surface area (TPSA) is 73.5 Å². The Morgan fingerprint density at radius 2 is 1.59 bits per heavy atom. The number of aryl methyl sites for hydroxylation is 1. The number of nitrogens with one attached hydrogen (secondary N) is 1. The molecule has 0 bridgehead atoms. The number of hydrogen-bond acceptors (Lipinski definition) is 3. The van der Waals surface area contributed by atoms with Gasteiger partial charge in [-0.1, -0.05) is 17.7 Å². The maximum atomic E-state index is 12.9. The second-order valence-electron chi connectivity index (χ2n) is 6.78. The highest BCUT2D eigenvalue weighted by molar-refractivity contribution is 6.30. The Morgan fingerprint density at radius 3 is 2.11 bits per heavy atom. The first-order valence-electron chi connectivity index (χ1n) is 8.83. The van der Waals surface area contributed by atoms with Crippen molar-refractivity contribution in [3.05, 3.63) is 57.4 Å². The smallest absolute Gasteiger partial charge is 0.270 e. The standard InChI is InChI=1S/C20H22ClN3O3/c1-12-17(14(3)25)13(2)22-18(12)20(27)24-9-7-23(8-10-24)19(26)15-5-4-6-16(21)11-15/h4-6,11,22H,7-10H2,1-3H3. The van der Waals surface area contributed by atoms with E-state index in [2.05, 4.69) is 4.98 Å². The molecule has 27 heavy (non-hydrogen) atoms. The highest BCUT2D eigenvalue weighted by Gasteiger charge is 2.28. The van der Waals surface area contributed by atoms with E-state index in [1.807, 2.05) is 0 Å². The summed E-state index contributed by atoms with van der Waals surface area (Å²) in [4.78, 5) is 43.7. The molecular weight excluding hydrogens is 366 g/mol. The molecule has 1 aromatic heterocycles. The number of rotatable bonds is 3. The minimum Gasteiger partial charge on any atom is -0.354 e. The second kappa shape index (κ2) is 7.56. The van der Waals surface area contributed by atoms with Gasteiger partial charge in [0.1, 0.15) is 5.69 Å². The van der Waals surface area contributed by atoms with Gasteiger partial charge in [0.25, 0.3) is 11.8 Å². The van der Waals surface area contributed by atoms with Crippen molar-refractivity contribution in [3.63, 3.8) is 0 Å². The number of Topliss-reactive ketones (excluding diaryl/α,β-unsaturated/α-hetero) is 1. The average Bonchev–Trinajstić information content (AvgIpc) is 2.95. The fourth-order valence-electron chi connectivity index (χ4n) is 3.57. The van der Waals surface area contributed by atoms with E-state index >= 15 is 0 Å². The summed E-state index contributed by atoms with van der Waals surface area (Å²) in [7, 11) is 0. The number of H-pyrrole nitrogens is 1. The summed E-state index contributed by atoms with van der Waals surface area (Å²) in [5, 5.41) is 0.522. The molecule has 1 aromatic carbocycles. The van der Waals surface area contributed by atoms with Gasteiger partial charge in [-0.25, -0.2) is 0 Å². The van der Waals surface area contributed by atoms with Crippen molar-refractivity contribution in [1.82, 2.24) is 14.8 Å². The van der Waals surface area contributed by atoms with Crippen LogP contribution >= 0.6 is 11.6 Å². The van der Waals surface area contributed by atoms with E-state index in [1.54, 1.807) is 47.9 Å². The summed E-state index contributed by atoms with van der Waals surface area (Å²) in [6, 6.07) is 6.86. The molecule has 0 saturated carbocycles. The molecule has 0 aliphatic carbocycles. The van der Waals surface area contributed by atoms with Gasteiger partial charge >= 0.3 is 0 Å². The molecule has 1 aliphatic rings. The number of piperazine rings is 1. The molecule has 0 unspecified atom stereocenters. The average molecular weight is 388 g/mol. The van der Waals surface area contributed by atoms with Gasteiger partial charge in [-0.15, -0.1) is 0 Å². The molecular formula is C20H22ClN3O3. The van der Waals surface area contributed by atoms with Crippen LogP contribution in [0, 0.1) is 13.8 Å². The minimum atomic E-state index is -0.141. The van der Waals surface area contributed by atoms with Crippen molar-refractivity contribution in [2.75, 3.05) is 26.2 Å². The minimum absolute atomic E-state index is 0.0581. The first-order valence-corrected chi connectivity index (χ1v) is 9.21. The number of amides is 2. The van der Waals surface area contributed by atoms with Crippen molar-refractivity contribution in [3.8, 4) is 0 Å². The molecule has 0 atom stereocenters. The number of aromatic nitrogens is 1. The Bertz CT molecular complexity index is 911. The van der Waals surface area contributed by atoms with Crippen LogP contribution in [0.5, 0.6) is 0 Å². The molecule has 142 valence electrons. The first-order chi connectivity index (χ1) is 12.8. The van der Waals surface area contributed by atoms with Gasteiger partial charge < -0.3 is 14.8 Å². The van der Waals surface area contributed by atoms with Crippen LogP contribution in [-0.4, -0.2) is 58.6 Å². The Labute approximate surface area is 163 Å². The van der Waals surface area contributed by atoms with Crippen molar-refractivity contribution < 1.29 is 14.4 Å². The quantitative estimate of drug-likeness (QED) is 0.822. The maximum absolute atomic E-state index is 12.9. The molecule has 2 aromatic rings. The van der Waals surface area contributed by atoms with E-state index in [4.69, 9.17) is 11.6 Å². The van der Waals surface area contributed by atoms with Crippen LogP contribution in [0.4, 0.5) is 0 Å². The lowest BCUT2D eigenvalue weighted by atomic mass is 10.1. The monoisotopic (exact) mass is 387 g/mol. The van der Waals surface area contributed by atoms with E-state index < -0.39 is 0 Å². The van der Waals surface area contributed by atoms with E-state index in [-0.39, 0.29) is 17.6 Å². The summed E-state index contributed by atoms with van der Waals surface area (Å²) in [6.45, 7) is 6.87. The summed E-state index contributed by atoms with van der Waals surface area (Å²) in [5.41, 5.74) is 2.96. The lowest BCUT2D eigenvalue weighted by Crippen LogP contribution is -2.50. The van der Waals surface area contributed by atoms with Crippen LogP contribution in [0.15, 0.2) is 24.3 Å². The molecule has 0 spiro atoms. The maximum Gasteiger partial charge on any atom is 0.270 e. The molecule has 7 heteroatoms. The van der Waals surface area contributed by atoms with Crippen LogP contribution in [0.25, 0.3) is 0 Å². The molecule has 2 amide bonds. The highest BCUT2D eigenvalue weighted by Crippen LogP contribution is 2.21. The number of carbonyl (C=O) groups excluding carboxylic acids is 3. The molecule has 1 aliphatic heterocycles. The van der Waals surface area contributed by atoms with Crippen molar-refractivity contribution in [2.24, 2.45) is 0 Å². The van der Waals surface area contributed by atoms with Gasteiger partial charge in [-0.3, -0.25) is 14.4 Å². The summed E-state index contributed by atoms with van der Waals surface area (Å²) in [6.07, 6.45) is 0. The Kier molecular flexibility index (Phi) is 5.37. The third-order valence-corrected chi connectivity index (χ3v) is 5.16. The fourth-order valence-corrected chi connectivity index (χ4v) is 3.76. The molecule has 6 nitrogen and oxygen atoms in total. The number of aromatic amines is 1. The lowest BCUT2D eigenvalue weighted by Gasteiger charge is -2.34. The van der Waals surface area contributed by atoms with Gasteiger partial charge in [0.2, 0.25) is 0 Å². The zero-order chi connectivity index (χ0) is 19.7. The summed E-state index contributed by atoms with van der Waals surface area (Å²) in [5.74, 6) is -0.287. The molecule has 2 heterocycles. The number of benzene rings is 1. The van der Waals surface area contributed by atoms with Gasteiger partial charge in [0.15, 0.2) is 5.78 Å². The summed E-state index contributed by atoms with van der Waals surface area (Å²) < 4.78 is 0. The third kappa shape index (κ3) is 3.76. The van der Waals surface area contributed by atoms with Gasteiger partial charge in [0, 0.05) is 48.0 Å². The molecule has 0 radical (unpaired) electrons. The van der Waals surface area contributed by atoms with Gasteiger partial charge in [-0.05, 0) is 44.5 Å².